The van der Waals surface area contributed by atoms with Crippen LogP contribution in [-0.4, -0.2) is 30.7 Å². The maximum Gasteiger partial charge on any atom is 0.341 e. The molecule has 90 valence electrons. The van der Waals surface area contributed by atoms with Crippen LogP contribution in [0, 0.1) is 0 Å². The molecule has 0 aliphatic rings. The molecule has 3 rings (SSSR count). The summed E-state index contributed by atoms with van der Waals surface area (Å²) >= 11 is 0. The lowest BCUT2D eigenvalue weighted by Crippen LogP contribution is -2.09. The third-order valence-corrected chi connectivity index (χ3v) is 2.38. The molecular formula is C10H7N5O3. The molecule has 0 fully saturated rings. The number of aromatic carboxylic acids is 1. The average Bonchev–Trinajstić information content (AvgIpc) is 2.97. The molecule has 0 aliphatic carbocycles. The van der Waals surface area contributed by atoms with Gasteiger partial charge in [-0.1, -0.05) is 0 Å². The molecule has 0 aliphatic heterocycles. The van der Waals surface area contributed by atoms with E-state index in [1.165, 1.54) is 10.8 Å². The number of nitrogen functional groups attached to an aromatic ring is 1. The molecule has 0 aromatic carbocycles. The van der Waals surface area contributed by atoms with Gasteiger partial charge in [0.1, 0.15) is 11.4 Å². The quantitative estimate of drug-likeness (QED) is 0.680. The highest BCUT2D eigenvalue weighted by Gasteiger charge is 2.16. The Hall–Kier alpha value is -2.90. The third kappa shape index (κ3) is 1.39. The summed E-state index contributed by atoms with van der Waals surface area (Å²) in [5.41, 5.74) is 5.57. The number of hydrogen-bond acceptors (Lipinski definition) is 6. The van der Waals surface area contributed by atoms with Crippen LogP contribution in [0.15, 0.2) is 29.0 Å². The van der Waals surface area contributed by atoms with Gasteiger partial charge in [0.25, 0.3) is 5.78 Å². The number of hydrogen-bond donors (Lipinski definition) is 2. The van der Waals surface area contributed by atoms with Crippen LogP contribution in [0.1, 0.15) is 10.4 Å². The van der Waals surface area contributed by atoms with Gasteiger partial charge in [0.05, 0.1) is 6.26 Å². The van der Waals surface area contributed by atoms with E-state index in [4.69, 9.17) is 15.3 Å². The smallest absolute Gasteiger partial charge is 0.341 e. The van der Waals surface area contributed by atoms with Crippen molar-refractivity contribution in [3.63, 3.8) is 0 Å². The summed E-state index contributed by atoms with van der Waals surface area (Å²) < 4.78 is 6.31. The lowest BCUT2D eigenvalue weighted by molar-refractivity contribution is 0.0697. The van der Waals surface area contributed by atoms with Gasteiger partial charge in [0.15, 0.2) is 5.76 Å². The first-order valence-electron chi connectivity index (χ1n) is 4.95. The van der Waals surface area contributed by atoms with Crippen LogP contribution in [0.3, 0.4) is 0 Å². The van der Waals surface area contributed by atoms with E-state index in [-0.39, 0.29) is 17.2 Å². The minimum absolute atomic E-state index is 0.0298. The van der Waals surface area contributed by atoms with Crippen LogP contribution in [-0.2, 0) is 0 Å². The zero-order valence-corrected chi connectivity index (χ0v) is 8.94. The molecule has 8 heteroatoms. The number of carboxylic acids is 1. The molecule has 0 unspecified atom stereocenters. The summed E-state index contributed by atoms with van der Waals surface area (Å²) in [6, 6.07) is 3.38. The Morgan fingerprint density at radius 2 is 2.33 bits per heavy atom. The highest BCUT2D eigenvalue weighted by atomic mass is 16.4. The van der Waals surface area contributed by atoms with Crippen LogP contribution in [0.5, 0.6) is 0 Å². The maximum atomic E-state index is 10.9. The second kappa shape index (κ2) is 3.55. The topological polar surface area (TPSA) is 120 Å². The SMILES string of the molecule is Nc1c(C(=O)O)cnc2nc(-c3ccco3)nn12. The van der Waals surface area contributed by atoms with E-state index >= 15 is 0 Å². The number of carbonyl (C=O) groups is 1. The number of fused-ring (bicyclic) bond motifs is 1. The van der Waals surface area contributed by atoms with Crippen LogP contribution < -0.4 is 5.73 Å². The molecule has 18 heavy (non-hydrogen) atoms. The summed E-state index contributed by atoms with van der Waals surface area (Å²) in [6.45, 7) is 0. The van der Waals surface area contributed by atoms with Crippen molar-refractivity contribution in [2.75, 3.05) is 5.73 Å². The van der Waals surface area contributed by atoms with Crippen molar-refractivity contribution in [1.82, 2.24) is 19.6 Å². The molecule has 0 amide bonds. The fourth-order valence-electron chi connectivity index (χ4n) is 1.53. The number of anilines is 1. The van der Waals surface area contributed by atoms with Crippen molar-refractivity contribution in [3.05, 3.63) is 30.2 Å². The van der Waals surface area contributed by atoms with Crippen molar-refractivity contribution in [2.45, 2.75) is 0 Å². The maximum absolute atomic E-state index is 10.9. The monoisotopic (exact) mass is 245 g/mol. The van der Waals surface area contributed by atoms with E-state index < -0.39 is 5.97 Å². The predicted octanol–water partition coefficient (Wildman–Crippen LogP) is 0.665. The number of rotatable bonds is 2. The van der Waals surface area contributed by atoms with Gasteiger partial charge >= 0.3 is 5.97 Å². The number of nitrogens with two attached hydrogens (primary N) is 1. The highest BCUT2D eigenvalue weighted by Crippen LogP contribution is 2.18. The number of carboxylic acid groups (broad SMARTS) is 1. The normalized spacial score (nSPS) is 10.9. The largest absolute Gasteiger partial charge is 0.477 e. The molecule has 3 N–H and O–H groups in total. The molecule has 0 bridgehead atoms. The summed E-state index contributed by atoms with van der Waals surface area (Å²) in [7, 11) is 0. The fraction of sp³-hybridized carbons (Fsp3) is 0. The van der Waals surface area contributed by atoms with Crippen molar-refractivity contribution < 1.29 is 14.3 Å². The van der Waals surface area contributed by atoms with Crippen molar-refractivity contribution in [3.8, 4) is 11.6 Å². The van der Waals surface area contributed by atoms with Gasteiger partial charge in [-0.3, -0.25) is 0 Å². The Kier molecular flexibility index (Phi) is 2.03. The van der Waals surface area contributed by atoms with E-state index in [1.54, 1.807) is 12.1 Å². The molecule has 0 saturated heterocycles. The second-order valence-electron chi connectivity index (χ2n) is 3.49. The Morgan fingerprint density at radius 3 is 3.00 bits per heavy atom. The molecule has 0 atom stereocenters. The molecule has 8 nitrogen and oxygen atoms in total. The van der Waals surface area contributed by atoms with Gasteiger partial charge in [-0.05, 0) is 12.1 Å². The number of nitrogens with zero attached hydrogens (tertiary/aromatic N) is 4. The third-order valence-electron chi connectivity index (χ3n) is 2.38. The molecule has 3 heterocycles. The minimum atomic E-state index is -1.17. The first-order valence-corrected chi connectivity index (χ1v) is 4.95. The lowest BCUT2D eigenvalue weighted by atomic mass is 10.3. The summed E-state index contributed by atoms with van der Waals surface area (Å²) in [5.74, 6) is -0.239. The zero-order chi connectivity index (χ0) is 12.7. The van der Waals surface area contributed by atoms with E-state index in [9.17, 15) is 4.79 Å². The number of furan rings is 1. The molecule has 0 spiro atoms. The predicted molar refractivity (Wildman–Crippen MR) is 59.9 cm³/mol. The molecule has 3 aromatic rings. The zero-order valence-electron chi connectivity index (χ0n) is 8.94. The highest BCUT2D eigenvalue weighted by molar-refractivity contribution is 5.92. The van der Waals surface area contributed by atoms with E-state index in [0.717, 1.165) is 6.20 Å². The number of aromatic nitrogens is 4. The van der Waals surface area contributed by atoms with Crippen LogP contribution >= 0.6 is 0 Å². The minimum Gasteiger partial charge on any atom is -0.477 e. The second-order valence-corrected chi connectivity index (χ2v) is 3.49. The van der Waals surface area contributed by atoms with Gasteiger partial charge in [-0.2, -0.15) is 9.50 Å². The molecule has 0 saturated carbocycles. The van der Waals surface area contributed by atoms with Gasteiger partial charge in [-0.15, -0.1) is 5.10 Å². The Labute approximate surface area is 99.7 Å². The van der Waals surface area contributed by atoms with Gasteiger partial charge in [-0.25, -0.2) is 9.78 Å². The summed E-state index contributed by atoms with van der Waals surface area (Å²) in [4.78, 5) is 18.9. The van der Waals surface area contributed by atoms with Crippen LogP contribution in [0.4, 0.5) is 5.82 Å². The molecule has 0 radical (unpaired) electrons. The van der Waals surface area contributed by atoms with Gasteiger partial charge in [0.2, 0.25) is 5.82 Å². The van der Waals surface area contributed by atoms with Crippen molar-refractivity contribution in [1.29, 1.82) is 0 Å². The van der Waals surface area contributed by atoms with Crippen LogP contribution in [0.2, 0.25) is 0 Å². The van der Waals surface area contributed by atoms with Crippen LogP contribution in [0.25, 0.3) is 17.4 Å². The van der Waals surface area contributed by atoms with Gasteiger partial charge < -0.3 is 15.3 Å². The Bertz CT molecular complexity index is 731. The fourth-order valence-corrected chi connectivity index (χ4v) is 1.53. The van der Waals surface area contributed by atoms with Crippen molar-refractivity contribution >= 4 is 17.6 Å². The summed E-state index contributed by atoms with van der Waals surface area (Å²) in [5, 5.41) is 13.0. The van der Waals surface area contributed by atoms with E-state index in [0.29, 0.717) is 11.6 Å². The Morgan fingerprint density at radius 1 is 1.50 bits per heavy atom. The Balaban J connectivity index is 2.24. The standard InChI is InChI=1S/C10H7N5O3/c11-7-5(9(16)17)4-12-10-13-8(14-15(7)10)6-2-1-3-18-6/h1-4H,11H2,(H,16,17). The first-order chi connectivity index (χ1) is 8.66. The summed E-state index contributed by atoms with van der Waals surface area (Å²) in [6.07, 6.45) is 2.63. The van der Waals surface area contributed by atoms with E-state index in [1.807, 2.05) is 0 Å². The first kappa shape index (κ1) is 10.3. The average molecular weight is 245 g/mol. The molecular weight excluding hydrogens is 238 g/mol. The lowest BCUT2D eigenvalue weighted by Gasteiger charge is -2.00. The van der Waals surface area contributed by atoms with Crippen molar-refractivity contribution in [2.24, 2.45) is 0 Å². The van der Waals surface area contributed by atoms with E-state index in [2.05, 4.69) is 15.1 Å². The molecule has 3 aromatic heterocycles. The van der Waals surface area contributed by atoms with Gasteiger partial charge in [0, 0.05) is 6.20 Å².